The van der Waals surface area contributed by atoms with Gasteiger partial charge in [-0.1, -0.05) is 109 Å². The molecule has 1 aliphatic rings. The Morgan fingerprint density at radius 2 is 0.667 bits per heavy atom. The van der Waals surface area contributed by atoms with Gasteiger partial charge in [-0.25, -0.2) is 0 Å². The predicted octanol–water partition coefficient (Wildman–Crippen LogP) is 12.1. The molecule has 0 atom stereocenters. The number of carbonyl (C=O) groups excluding carboxylic acids is 2. The van der Waals surface area contributed by atoms with Crippen molar-refractivity contribution in [1.82, 2.24) is 0 Å². The molecule has 57 heavy (non-hydrogen) atoms. The summed E-state index contributed by atoms with van der Waals surface area (Å²) in [5, 5.41) is 5.87. The van der Waals surface area contributed by atoms with Crippen LogP contribution in [-0.4, -0.2) is 11.8 Å². The van der Waals surface area contributed by atoms with Gasteiger partial charge in [0.1, 0.15) is 23.0 Å². The Hall–Kier alpha value is -7.70. The molecule has 0 bridgehead atoms. The maximum Gasteiger partial charge on any atom is 0.255 e. The molecule has 274 valence electrons. The fourth-order valence-electron chi connectivity index (χ4n) is 7.64. The van der Waals surface area contributed by atoms with Gasteiger partial charge < -0.3 is 20.1 Å². The van der Waals surface area contributed by atoms with Crippen molar-refractivity contribution in [2.75, 3.05) is 10.6 Å². The number of amides is 2. The molecule has 0 unspecified atom stereocenters. The largest absolute Gasteiger partial charge is 0.457 e. The van der Waals surface area contributed by atoms with Crippen molar-refractivity contribution in [3.8, 4) is 34.1 Å². The molecular weight excluding hydrogens is 705 g/mol. The average molecular weight is 741 g/mol. The monoisotopic (exact) mass is 740 g/mol. The van der Waals surface area contributed by atoms with Crippen molar-refractivity contribution in [3.63, 3.8) is 0 Å². The summed E-state index contributed by atoms with van der Waals surface area (Å²) in [6.07, 6.45) is 0. The first-order valence-electron chi connectivity index (χ1n) is 18.7. The average Bonchev–Trinajstić information content (AvgIpc) is 3.57. The van der Waals surface area contributed by atoms with E-state index in [1.165, 1.54) is 22.3 Å². The molecule has 0 fully saturated rings. The predicted molar refractivity (Wildman–Crippen MR) is 226 cm³/mol. The topological polar surface area (TPSA) is 76.7 Å². The molecule has 8 aromatic carbocycles. The summed E-state index contributed by atoms with van der Waals surface area (Å²) in [6, 6.07) is 66.8. The SMILES string of the molecule is O=C(Nc1ccc(Oc2ccc(C3(c4ccc(Oc5ccc(NC(=O)c6ccccc6)cc5)cc4)c4ccccc4-c4ccccc43)cc2)cc1)c1ccccc1. The fourth-order valence-corrected chi connectivity index (χ4v) is 7.64. The molecule has 2 amide bonds. The normalized spacial score (nSPS) is 12.1. The smallest absolute Gasteiger partial charge is 0.255 e. The van der Waals surface area contributed by atoms with Crippen LogP contribution < -0.4 is 20.1 Å². The van der Waals surface area contributed by atoms with Crippen LogP contribution in [0.3, 0.4) is 0 Å². The van der Waals surface area contributed by atoms with Crippen LogP contribution in [0.5, 0.6) is 23.0 Å². The minimum Gasteiger partial charge on any atom is -0.457 e. The van der Waals surface area contributed by atoms with Crippen LogP contribution in [0.2, 0.25) is 0 Å². The van der Waals surface area contributed by atoms with Crippen LogP contribution in [0.15, 0.2) is 206 Å². The molecule has 0 aromatic heterocycles. The second kappa shape index (κ2) is 15.2. The Balaban J connectivity index is 0.972. The van der Waals surface area contributed by atoms with Gasteiger partial charge >= 0.3 is 0 Å². The molecule has 6 nitrogen and oxygen atoms in total. The first-order chi connectivity index (χ1) is 28.0. The summed E-state index contributed by atoms with van der Waals surface area (Å²) in [7, 11) is 0. The van der Waals surface area contributed by atoms with Gasteiger partial charge in [-0.3, -0.25) is 9.59 Å². The van der Waals surface area contributed by atoms with E-state index in [2.05, 4.69) is 83.4 Å². The molecule has 2 N–H and O–H groups in total. The van der Waals surface area contributed by atoms with Crippen LogP contribution in [0.1, 0.15) is 43.0 Å². The maximum atomic E-state index is 12.6. The summed E-state index contributed by atoms with van der Waals surface area (Å²) < 4.78 is 12.6. The first kappa shape index (κ1) is 35.0. The van der Waals surface area contributed by atoms with E-state index in [9.17, 15) is 9.59 Å². The minimum atomic E-state index is -0.596. The van der Waals surface area contributed by atoms with E-state index in [1.807, 2.05) is 109 Å². The maximum absolute atomic E-state index is 12.6. The Morgan fingerprint density at radius 1 is 0.351 bits per heavy atom. The highest BCUT2D eigenvalue weighted by molar-refractivity contribution is 6.04. The second-order valence-corrected chi connectivity index (χ2v) is 13.8. The van der Waals surface area contributed by atoms with Crippen molar-refractivity contribution >= 4 is 23.2 Å². The number of rotatable bonds is 10. The number of anilines is 2. The molecule has 1 aliphatic carbocycles. The summed E-state index contributed by atoms with van der Waals surface area (Å²) in [5.41, 5.74) is 8.99. The number of hydrogen-bond donors (Lipinski definition) is 2. The molecule has 0 saturated heterocycles. The van der Waals surface area contributed by atoms with Crippen molar-refractivity contribution in [1.29, 1.82) is 0 Å². The molecular formula is C51H36N2O4. The van der Waals surface area contributed by atoms with E-state index in [1.54, 1.807) is 24.3 Å². The zero-order chi connectivity index (χ0) is 38.6. The molecule has 0 aliphatic heterocycles. The molecule has 8 aromatic rings. The van der Waals surface area contributed by atoms with Gasteiger partial charge in [0.25, 0.3) is 11.8 Å². The van der Waals surface area contributed by atoms with Crippen molar-refractivity contribution in [2.24, 2.45) is 0 Å². The van der Waals surface area contributed by atoms with Crippen LogP contribution in [0.4, 0.5) is 11.4 Å². The first-order valence-corrected chi connectivity index (χ1v) is 18.7. The van der Waals surface area contributed by atoms with Gasteiger partial charge in [0.2, 0.25) is 0 Å². The Morgan fingerprint density at radius 3 is 1.04 bits per heavy atom. The minimum absolute atomic E-state index is 0.163. The molecule has 9 rings (SSSR count). The van der Waals surface area contributed by atoms with E-state index in [0.717, 1.165) is 11.1 Å². The van der Waals surface area contributed by atoms with E-state index in [-0.39, 0.29) is 11.8 Å². The van der Waals surface area contributed by atoms with E-state index in [0.29, 0.717) is 45.5 Å². The van der Waals surface area contributed by atoms with Crippen LogP contribution >= 0.6 is 0 Å². The Bertz CT molecular complexity index is 2490. The highest BCUT2D eigenvalue weighted by atomic mass is 16.5. The summed E-state index contributed by atoms with van der Waals surface area (Å²) in [4.78, 5) is 25.2. The zero-order valence-corrected chi connectivity index (χ0v) is 30.8. The third-order valence-electron chi connectivity index (χ3n) is 10.3. The second-order valence-electron chi connectivity index (χ2n) is 13.8. The van der Waals surface area contributed by atoms with E-state index >= 15 is 0 Å². The van der Waals surface area contributed by atoms with Gasteiger partial charge in [-0.05, 0) is 130 Å². The number of ether oxygens (including phenoxy) is 2. The summed E-state index contributed by atoms with van der Waals surface area (Å²) in [5.74, 6) is 2.39. The van der Waals surface area contributed by atoms with Crippen LogP contribution in [0.25, 0.3) is 11.1 Å². The lowest BCUT2D eigenvalue weighted by Crippen LogP contribution is -2.28. The van der Waals surface area contributed by atoms with Crippen molar-refractivity contribution in [2.45, 2.75) is 5.41 Å². The lowest BCUT2D eigenvalue weighted by Gasteiger charge is -2.34. The third kappa shape index (κ3) is 6.92. The van der Waals surface area contributed by atoms with E-state index in [4.69, 9.17) is 9.47 Å². The summed E-state index contributed by atoms with van der Waals surface area (Å²) >= 11 is 0. The van der Waals surface area contributed by atoms with E-state index < -0.39 is 5.41 Å². The summed E-state index contributed by atoms with van der Waals surface area (Å²) in [6.45, 7) is 0. The highest BCUT2D eigenvalue weighted by Crippen LogP contribution is 2.56. The van der Waals surface area contributed by atoms with Gasteiger partial charge in [0.05, 0.1) is 5.41 Å². The molecule has 0 heterocycles. The molecule has 0 saturated carbocycles. The lowest BCUT2D eigenvalue weighted by molar-refractivity contribution is 0.101. The Labute approximate surface area is 331 Å². The van der Waals surface area contributed by atoms with Gasteiger partial charge in [-0.15, -0.1) is 0 Å². The standard InChI is InChI=1S/C51H36N2O4/c54-49(35-11-3-1-4-12-35)52-39-23-31-43(32-24-39)56-41-27-19-37(20-28-41)51(47-17-9-7-15-45(47)46-16-8-10-18-48(46)51)38-21-29-42(30-22-38)57-44-33-25-40(26-34-44)53-50(55)36-13-5-2-6-14-36/h1-34H,(H,52,54)(H,53,55). The quantitative estimate of drug-likeness (QED) is 0.146. The van der Waals surface area contributed by atoms with Gasteiger partial charge in [0, 0.05) is 22.5 Å². The van der Waals surface area contributed by atoms with Crippen molar-refractivity contribution in [3.05, 3.63) is 240 Å². The number of hydrogen-bond acceptors (Lipinski definition) is 4. The third-order valence-corrected chi connectivity index (χ3v) is 10.3. The van der Waals surface area contributed by atoms with Crippen molar-refractivity contribution < 1.29 is 19.1 Å². The zero-order valence-electron chi connectivity index (χ0n) is 30.8. The Kier molecular flexibility index (Phi) is 9.34. The van der Waals surface area contributed by atoms with Crippen LogP contribution in [0, 0.1) is 0 Å². The lowest BCUT2D eigenvalue weighted by atomic mass is 9.68. The molecule has 0 radical (unpaired) electrons. The number of carbonyl (C=O) groups is 2. The van der Waals surface area contributed by atoms with Crippen LogP contribution in [-0.2, 0) is 5.41 Å². The molecule has 6 heteroatoms. The number of fused-ring (bicyclic) bond motifs is 3. The van der Waals surface area contributed by atoms with Gasteiger partial charge in [-0.2, -0.15) is 0 Å². The molecule has 0 spiro atoms. The highest BCUT2D eigenvalue weighted by Gasteiger charge is 2.45. The fraction of sp³-hybridized carbons (Fsp3) is 0.0196. The van der Waals surface area contributed by atoms with Gasteiger partial charge in [0.15, 0.2) is 0 Å². The number of benzene rings is 8. The number of nitrogens with one attached hydrogen (secondary N) is 2.